The number of pyridine rings is 1. The molecule has 5 heteroatoms. The summed E-state index contributed by atoms with van der Waals surface area (Å²) in [7, 11) is 3.00. The minimum absolute atomic E-state index is 0.123. The summed E-state index contributed by atoms with van der Waals surface area (Å²) in [5.41, 5.74) is 0.435. The van der Waals surface area contributed by atoms with E-state index in [1.807, 2.05) is 6.92 Å². The Balaban J connectivity index is 2.85. The van der Waals surface area contributed by atoms with E-state index in [4.69, 9.17) is 9.47 Å². The molecule has 0 saturated carbocycles. The second-order valence-corrected chi connectivity index (χ2v) is 3.60. The molecule has 1 rings (SSSR count). The lowest BCUT2D eigenvalue weighted by molar-refractivity contribution is 0.0601. The molecule has 0 aromatic carbocycles. The monoisotopic (exact) mass is 238 g/mol. The maximum absolute atomic E-state index is 11.5. The second-order valence-electron chi connectivity index (χ2n) is 3.60. The molecule has 17 heavy (non-hydrogen) atoms. The Hall–Kier alpha value is -1.62. The van der Waals surface area contributed by atoms with Crippen molar-refractivity contribution in [1.82, 2.24) is 4.98 Å². The Morgan fingerprint density at radius 1 is 1.53 bits per heavy atom. The van der Waals surface area contributed by atoms with E-state index in [2.05, 4.69) is 10.3 Å². The van der Waals surface area contributed by atoms with Gasteiger partial charge in [-0.2, -0.15) is 0 Å². The van der Waals surface area contributed by atoms with E-state index < -0.39 is 5.97 Å². The van der Waals surface area contributed by atoms with Crippen molar-refractivity contribution < 1.29 is 14.3 Å². The number of methoxy groups -OCH3 is 2. The van der Waals surface area contributed by atoms with Gasteiger partial charge in [-0.25, -0.2) is 9.78 Å². The van der Waals surface area contributed by atoms with Crippen LogP contribution in [0.2, 0.25) is 0 Å². The van der Waals surface area contributed by atoms with Gasteiger partial charge < -0.3 is 14.8 Å². The van der Waals surface area contributed by atoms with Gasteiger partial charge in [0.2, 0.25) is 0 Å². The van der Waals surface area contributed by atoms with Crippen LogP contribution in [0.5, 0.6) is 0 Å². The summed E-state index contributed by atoms with van der Waals surface area (Å²) in [5.74, 6) is 0.135. The molecule has 0 amide bonds. The van der Waals surface area contributed by atoms with Gasteiger partial charge >= 0.3 is 5.97 Å². The first-order chi connectivity index (χ1) is 8.22. The average Bonchev–Trinajstić information content (AvgIpc) is 2.38. The molecule has 0 spiro atoms. The molecule has 0 aliphatic heterocycles. The highest BCUT2D eigenvalue weighted by Crippen LogP contribution is 2.14. The van der Waals surface area contributed by atoms with Crippen LogP contribution in [0.25, 0.3) is 0 Å². The lowest BCUT2D eigenvalue weighted by Gasteiger charge is -2.17. The smallest absolute Gasteiger partial charge is 0.341 e. The van der Waals surface area contributed by atoms with Crippen LogP contribution in [0.3, 0.4) is 0 Å². The highest BCUT2D eigenvalue weighted by atomic mass is 16.5. The molecule has 0 bridgehead atoms. The minimum atomic E-state index is -0.395. The highest BCUT2D eigenvalue weighted by Gasteiger charge is 2.15. The van der Waals surface area contributed by atoms with Crippen molar-refractivity contribution in [3.63, 3.8) is 0 Å². The number of ether oxygens (including phenoxy) is 2. The molecule has 0 saturated heterocycles. The van der Waals surface area contributed by atoms with E-state index in [0.717, 1.165) is 6.42 Å². The van der Waals surface area contributed by atoms with Crippen LogP contribution in [0.1, 0.15) is 23.7 Å². The van der Waals surface area contributed by atoms with Crippen molar-refractivity contribution in [1.29, 1.82) is 0 Å². The van der Waals surface area contributed by atoms with Gasteiger partial charge in [0.1, 0.15) is 11.4 Å². The molecule has 0 radical (unpaired) electrons. The van der Waals surface area contributed by atoms with Crippen LogP contribution in [0.4, 0.5) is 5.82 Å². The summed E-state index contributed by atoms with van der Waals surface area (Å²) in [6, 6.07) is 3.51. The fraction of sp³-hybridized carbons (Fsp3) is 0.500. The highest BCUT2D eigenvalue weighted by molar-refractivity contribution is 5.94. The van der Waals surface area contributed by atoms with Gasteiger partial charge in [-0.1, -0.05) is 6.92 Å². The normalized spacial score (nSPS) is 11.9. The van der Waals surface area contributed by atoms with Crippen LogP contribution >= 0.6 is 0 Å². The zero-order valence-electron chi connectivity index (χ0n) is 10.4. The van der Waals surface area contributed by atoms with Crippen LogP contribution < -0.4 is 5.32 Å². The summed E-state index contributed by atoms with van der Waals surface area (Å²) in [4.78, 5) is 15.7. The summed E-state index contributed by atoms with van der Waals surface area (Å²) >= 11 is 0. The van der Waals surface area contributed by atoms with Crippen molar-refractivity contribution in [2.24, 2.45) is 0 Å². The second kappa shape index (κ2) is 6.85. The molecule has 5 nitrogen and oxygen atoms in total. The number of hydrogen-bond acceptors (Lipinski definition) is 5. The number of nitrogens with one attached hydrogen (secondary N) is 1. The number of nitrogens with zero attached hydrogens (tertiary/aromatic N) is 1. The largest absolute Gasteiger partial charge is 0.465 e. The third-order valence-electron chi connectivity index (χ3n) is 2.41. The fourth-order valence-corrected chi connectivity index (χ4v) is 1.45. The molecule has 0 aliphatic rings. The van der Waals surface area contributed by atoms with Gasteiger partial charge in [-0.05, 0) is 18.6 Å². The molecule has 1 aromatic heterocycles. The van der Waals surface area contributed by atoms with Gasteiger partial charge in [0.25, 0.3) is 0 Å². The zero-order valence-corrected chi connectivity index (χ0v) is 10.4. The fourth-order valence-electron chi connectivity index (χ4n) is 1.45. The predicted octanol–water partition coefficient (Wildman–Crippen LogP) is 1.71. The molecule has 1 N–H and O–H groups in total. The molecule has 1 unspecified atom stereocenters. The van der Waals surface area contributed by atoms with Crippen LogP contribution in [0.15, 0.2) is 18.3 Å². The van der Waals surface area contributed by atoms with Gasteiger partial charge in [0, 0.05) is 13.3 Å². The van der Waals surface area contributed by atoms with E-state index >= 15 is 0 Å². The van der Waals surface area contributed by atoms with Crippen molar-refractivity contribution in [3.05, 3.63) is 23.9 Å². The number of aromatic nitrogens is 1. The SMILES string of the molecule is CCC(COC)Nc1ncccc1C(=O)OC. The minimum Gasteiger partial charge on any atom is -0.465 e. The maximum atomic E-state index is 11.5. The third-order valence-corrected chi connectivity index (χ3v) is 2.41. The zero-order chi connectivity index (χ0) is 12.7. The Morgan fingerprint density at radius 2 is 2.29 bits per heavy atom. The van der Waals surface area contributed by atoms with E-state index in [1.165, 1.54) is 7.11 Å². The topological polar surface area (TPSA) is 60.5 Å². The molecule has 0 fully saturated rings. The Bertz CT molecular complexity index is 369. The van der Waals surface area contributed by atoms with Crippen LogP contribution in [-0.2, 0) is 9.47 Å². The number of carbonyl (C=O) groups is 1. The maximum Gasteiger partial charge on any atom is 0.341 e. The van der Waals surface area contributed by atoms with E-state index in [9.17, 15) is 4.79 Å². The molecule has 1 heterocycles. The summed E-state index contributed by atoms with van der Waals surface area (Å²) < 4.78 is 9.79. The van der Waals surface area contributed by atoms with Crippen molar-refractivity contribution in [2.75, 3.05) is 26.1 Å². The lowest BCUT2D eigenvalue weighted by atomic mass is 10.2. The van der Waals surface area contributed by atoms with Crippen LogP contribution in [-0.4, -0.2) is 37.8 Å². The molecule has 1 aromatic rings. The quantitative estimate of drug-likeness (QED) is 0.764. The number of rotatable bonds is 6. The van der Waals surface area contributed by atoms with Gasteiger partial charge in [0.05, 0.1) is 19.8 Å². The Morgan fingerprint density at radius 3 is 2.88 bits per heavy atom. The third kappa shape index (κ3) is 3.71. The molecule has 94 valence electrons. The first kappa shape index (κ1) is 13.4. The van der Waals surface area contributed by atoms with Gasteiger partial charge in [0.15, 0.2) is 0 Å². The van der Waals surface area contributed by atoms with E-state index in [0.29, 0.717) is 18.0 Å². The Kier molecular flexibility index (Phi) is 5.42. The van der Waals surface area contributed by atoms with E-state index in [-0.39, 0.29) is 6.04 Å². The predicted molar refractivity (Wildman–Crippen MR) is 65.2 cm³/mol. The number of anilines is 1. The lowest BCUT2D eigenvalue weighted by Crippen LogP contribution is -2.25. The Labute approximate surface area is 101 Å². The number of hydrogen-bond donors (Lipinski definition) is 1. The first-order valence-electron chi connectivity index (χ1n) is 5.51. The molecular weight excluding hydrogens is 220 g/mol. The standard InChI is InChI=1S/C12H18N2O3/c1-4-9(8-16-2)14-11-10(12(15)17-3)6-5-7-13-11/h5-7,9H,4,8H2,1-3H3,(H,13,14). The van der Waals surface area contributed by atoms with Crippen molar-refractivity contribution >= 4 is 11.8 Å². The number of carbonyl (C=O) groups excluding carboxylic acids is 1. The van der Waals surface area contributed by atoms with Crippen molar-refractivity contribution in [2.45, 2.75) is 19.4 Å². The molecule has 0 aliphatic carbocycles. The van der Waals surface area contributed by atoms with Crippen molar-refractivity contribution in [3.8, 4) is 0 Å². The summed E-state index contributed by atoms with van der Waals surface area (Å²) in [5, 5.41) is 3.18. The first-order valence-corrected chi connectivity index (χ1v) is 5.51. The van der Waals surface area contributed by atoms with Gasteiger partial charge in [-0.3, -0.25) is 0 Å². The summed E-state index contributed by atoms with van der Waals surface area (Å²) in [6.07, 6.45) is 2.51. The van der Waals surface area contributed by atoms with Gasteiger partial charge in [-0.15, -0.1) is 0 Å². The summed E-state index contributed by atoms with van der Waals surface area (Å²) in [6.45, 7) is 2.60. The molecule has 1 atom stereocenters. The van der Waals surface area contributed by atoms with Crippen LogP contribution in [0, 0.1) is 0 Å². The van der Waals surface area contributed by atoms with E-state index in [1.54, 1.807) is 25.4 Å². The number of esters is 1. The average molecular weight is 238 g/mol. The molecular formula is C12H18N2O3.